The van der Waals surface area contributed by atoms with Crippen LogP contribution in [0.4, 0.5) is 24.7 Å². The lowest BCUT2D eigenvalue weighted by Crippen LogP contribution is -2.19. The lowest BCUT2D eigenvalue weighted by molar-refractivity contribution is -0.153. The SMILES string of the molecule is CC(=O)Nc1cc(N)c(OCC(F)(F)F)cn1.Cl. The third-order valence-corrected chi connectivity index (χ3v) is 1.59. The van der Waals surface area contributed by atoms with Gasteiger partial charge >= 0.3 is 6.18 Å². The van der Waals surface area contributed by atoms with Gasteiger partial charge in [-0.05, 0) is 0 Å². The quantitative estimate of drug-likeness (QED) is 0.890. The summed E-state index contributed by atoms with van der Waals surface area (Å²) in [7, 11) is 0. The van der Waals surface area contributed by atoms with Crippen molar-refractivity contribution >= 4 is 29.8 Å². The van der Waals surface area contributed by atoms with Crippen LogP contribution in [0.2, 0.25) is 0 Å². The van der Waals surface area contributed by atoms with E-state index in [4.69, 9.17) is 5.73 Å². The second-order valence-electron chi connectivity index (χ2n) is 3.19. The largest absolute Gasteiger partial charge is 0.480 e. The molecule has 0 aliphatic rings. The van der Waals surface area contributed by atoms with Crippen molar-refractivity contribution in [1.29, 1.82) is 0 Å². The van der Waals surface area contributed by atoms with Crippen molar-refractivity contribution in [3.63, 3.8) is 0 Å². The van der Waals surface area contributed by atoms with E-state index in [0.29, 0.717) is 0 Å². The minimum Gasteiger partial charge on any atom is -0.480 e. The second kappa shape index (κ2) is 6.29. The smallest absolute Gasteiger partial charge is 0.422 e. The van der Waals surface area contributed by atoms with E-state index >= 15 is 0 Å². The second-order valence-corrected chi connectivity index (χ2v) is 3.19. The van der Waals surface area contributed by atoms with E-state index in [9.17, 15) is 18.0 Å². The molecule has 0 unspecified atom stereocenters. The molecular formula is C9H11ClF3N3O2. The number of nitrogens with two attached hydrogens (primary N) is 1. The third kappa shape index (κ3) is 5.58. The molecule has 1 aromatic rings. The molecule has 0 aliphatic heterocycles. The Morgan fingerprint density at radius 1 is 1.56 bits per heavy atom. The Morgan fingerprint density at radius 3 is 2.61 bits per heavy atom. The molecule has 0 atom stereocenters. The van der Waals surface area contributed by atoms with Gasteiger partial charge in [-0.15, -0.1) is 12.4 Å². The first-order valence-electron chi connectivity index (χ1n) is 4.50. The van der Waals surface area contributed by atoms with Crippen LogP contribution in [0.25, 0.3) is 0 Å². The number of ether oxygens (including phenoxy) is 1. The Labute approximate surface area is 107 Å². The summed E-state index contributed by atoms with van der Waals surface area (Å²) >= 11 is 0. The van der Waals surface area contributed by atoms with Gasteiger partial charge in [0.2, 0.25) is 5.91 Å². The number of anilines is 2. The van der Waals surface area contributed by atoms with Crippen molar-refractivity contribution in [2.75, 3.05) is 17.7 Å². The average Bonchev–Trinajstić information content (AvgIpc) is 2.13. The molecule has 0 fully saturated rings. The van der Waals surface area contributed by atoms with Crippen LogP contribution in [0.15, 0.2) is 12.3 Å². The monoisotopic (exact) mass is 285 g/mol. The molecule has 9 heteroatoms. The van der Waals surface area contributed by atoms with Crippen LogP contribution in [0.3, 0.4) is 0 Å². The fraction of sp³-hybridized carbons (Fsp3) is 0.333. The van der Waals surface area contributed by atoms with Gasteiger partial charge in [0.05, 0.1) is 11.9 Å². The van der Waals surface area contributed by atoms with Crippen molar-refractivity contribution < 1.29 is 22.7 Å². The maximum atomic E-state index is 11.9. The first-order valence-corrected chi connectivity index (χ1v) is 4.50. The summed E-state index contributed by atoms with van der Waals surface area (Å²) in [5, 5.41) is 2.34. The lowest BCUT2D eigenvalue weighted by Gasteiger charge is -2.11. The Morgan fingerprint density at radius 2 is 2.17 bits per heavy atom. The molecule has 1 heterocycles. The van der Waals surface area contributed by atoms with Gasteiger partial charge in [-0.25, -0.2) is 4.98 Å². The number of alkyl halides is 3. The van der Waals surface area contributed by atoms with Gasteiger partial charge < -0.3 is 15.8 Å². The number of halogens is 4. The fourth-order valence-corrected chi connectivity index (χ4v) is 0.987. The van der Waals surface area contributed by atoms with E-state index in [2.05, 4.69) is 15.0 Å². The highest BCUT2D eigenvalue weighted by Gasteiger charge is 2.28. The van der Waals surface area contributed by atoms with E-state index in [1.54, 1.807) is 0 Å². The van der Waals surface area contributed by atoms with Gasteiger partial charge in [0, 0.05) is 13.0 Å². The first-order chi connectivity index (χ1) is 7.78. The van der Waals surface area contributed by atoms with Gasteiger partial charge in [-0.1, -0.05) is 0 Å². The molecule has 0 aromatic carbocycles. The van der Waals surface area contributed by atoms with E-state index < -0.39 is 12.8 Å². The van der Waals surface area contributed by atoms with Crippen molar-refractivity contribution in [2.24, 2.45) is 0 Å². The molecule has 3 N–H and O–H groups in total. The predicted octanol–water partition coefficient (Wildman–Crippen LogP) is 1.99. The first kappa shape index (κ1) is 16.3. The van der Waals surface area contributed by atoms with Gasteiger partial charge in [-0.2, -0.15) is 13.2 Å². The maximum Gasteiger partial charge on any atom is 0.422 e. The van der Waals surface area contributed by atoms with E-state index in [-0.39, 0.29) is 35.6 Å². The summed E-state index contributed by atoms with van der Waals surface area (Å²) in [6.45, 7) is -0.176. The molecule has 0 spiro atoms. The molecule has 0 bridgehead atoms. The molecule has 0 radical (unpaired) electrons. The molecule has 1 amide bonds. The van der Waals surface area contributed by atoms with Crippen molar-refractivity contribution in [3.8, 4) is 5.75 Å². The zero-order valence-corrected chi connectivity index (χ0v) is 10.1. The van der Waals surface area contributed by atoms with Crippen LogP contribution >= 0.6 is 12.4 Å². The molecule has 0 aliphatic carbocycles. The van der Waals surface area contributed by atoms with Crippen molar-refractivity contribution in [1.82, 2.24) is 4.98 Å². The number of pyridine rings is 1. The van der Waals surface area contributed by atoms with Gasteiger partial charge in [0.25, 0.3) is 0 Å². The summed E-state index contributed by atoms with van der Waals surface area (Å²) in [5.41, 5.74) is 5.41. The van der Waals surface area contributed by atoms with Gasteiger partial charge in [0.1, 0.15) is 5.82 Å². The zero-order valence-electron chi connectivity index (χ0n) is 9.25. The Hall–Kier alpha value is -1.70. The summed E-state index contributed by atoms with van der Waals surface area (Å²) in [6.07, 6.45) is -3.42. The van der Waals surface area contributed by atoms with Gasteiger partial charge in [0.15, 0.2) is 12.4 Å². The summed E-state index contributed by atoms with van der Waals surface area (Å²) in [6, 6.07) is 1.22. The number of carbonyl (C=O) groups excluding carboxylic acids is 1. The highest BCUT2D eigenvalue weighted by Crippen LogP contribution is 2.25. The van der Waals surface area contributed by atoms with Crippen LogP contribution in [-0.2, 0) is 4.79 Å². The standard InChI is InChI=1S/C9H10F3N3O2.ClH/c1-5(16)15-8-2-6(13)7(3-14-8)17-4-9(10,11)12;/h2-3H,4H2,1H3,(H3,13,14,15,16);1H. The van der Waals surface area contributed by atoms with Crippen LogP contribution in [0.1, 0.15) is 6.92 Å². The van der Waals surface area contributed by atoms with Crippen LogP contribution in [0, 0.1) is 0 Å². The van der Waals surface area contributed by atoms with Gasteiger partial charge in [-0.3, -0.25) is 4.79 Å². The molecule has 102 valence electrons. The van der Waals surface area contributed by atoms with Crippen LogP contribution < -0.4 is 15.8 Å². The number of hydrogen-bond donors (Lipinski definition) is 2. The van der Waals surface area contributed by atoms with Crippen molar-refractivity contribution in [2.45, 2.75) is 13.1 Å². The highest BCUT2D eigenvalue weighted by molar-refractivity contribution is 5.88. The Bertz CT molecular complexity index is 426. The molecule has 1 rings (SSSR count). The number of carbonyl (C=O) groups is 1. The molecule has 18 heavy (non-hydrogen) atoms. The number of rotatable bonds is 3. The maximum absolute atomic E-state index is 11.9. The minimum atomic E-state index is -4.44. The molecule has 0 saturated carbocycles. The summed E-state index contributed by atoms with van der Waals surface area (Å²) in [5.74, 6) is -0.397. The van der Waals surface area contributed by atoms with Crippen molar-refractivity contribution in [3.05, 3.63) is 12.3 Å². The summed E-state index contributed by atoms with van der Waals surface area (Å²) in [4.78, 5) is 14.4. The number of amides is 1. The number of hydrogen-bond acceptors (Lipinski definition) is 4. The Balaban J connectivity index is 0.00000289. The average molecular weight is 286 g/mol. The molecule has 1 aromatic heterocycles. The summed E-state index contributed by atoms with van der Waals surface area (Å²) < 4.78 is 40.1. The number of nitrogens with one attached hydrogen (secondary N) is 1. The third-order valence-electron chi connectivity index (χ3n) is 1.59. The van der Waals surface area contributed by atoms with Crippen LogP contribution in [0.5, 0.6) is 5.75 Å². The molecule has 5 nitrogen and oxygen atoms in total. The Kier molecular flexibility index (Phi) is 5.70. The fourth-order valence-electron chi connectivity index (χ4n) is 0.987. The van der Waals surface area contributed by atoms with E-state index in [1.807, 2.05) is 0 Å². The zero-order chi connectivity index (χ0) is 13.1. The predicted molar refractivity (Wildman–Crippen MR) is 61.8 cm³/mol. The lowest BCUT2D eigenvalue weighted by atomic mass is 10.3. The topological polar surface area (TPSA) is 77.2 Å². The normalized spacial score (nSPS) is 10.4. The number of aromatic nitrogens is 1. The highest BCUT2D eigenvalue weighted by atomic mass is 35.5. The molecular weight excluding hydrogens is 275 g/mol. The number of nitrogen functional groups attached to an aromatic ring is 1. The minimum absolute atomic E-state index is 0. The molecule has 0 saturated heterocycles. The number of nitrogens with zero attached hydrogens (tertiary/aromatic N) is 1. The van der Waals surface area contributed by atoms with E-state index in [1.165, 1.54) is 13.0 Å². The van der Waals surface area contributed by atoms with Crippen LogP contribution in [-0.4, -0.2) is 23.7 Å². The van der Waals surface area contributed by atoms with E-state index in [0.717, 1.165) is 6.20 Å².